The molecule has 7 heteroatoms. The minimum absolute atomic E-state index is 0.0344. The van der Waals surface area contributed by atoms with Gasteiger partial charge in [0.25, 0.3) is 0 Å². The molecule has 134 valence electrons. The summed E-state index contributed by atoms with van der Waals surface area (Å²) in [5.41, 5.74) is 0.233. The van der Waals surface area contributed by atoms with E-state index in [0.29, 0.717) is 31.9 Å². The lowest BCUT2D eigenvalue weighted by atomic mass is 9.93. The Hall–Kier alpha value is -2.41. The van der Waals surface area contributed by atoms with Gasteiger partial charge in [-0.05, 0) is 37.1 Å². The maximum Gasteiger partial charge on any atom is 0.228 e. The van der Waals surface area contributed by atoms with Crippen molar-refractivity contribution in [1.82, 2.24) is 14.9 Å². The number of nitrogens with zero attached hydrogens (tertiary/aromatic N) is 2. The summed E-state index contributed by atoms with van der Waals surface area (Å²) in [5, 5.41) is 0. The fourth-order valence-corrected chi connectivity index (χ4v) is 3.06. The van der Waals surface area contributed by atoms with Gasteiger partial charge in [-0.25, -0.2) is 9.37 Å². The second-order valence-corrected chi connectivity index (χ2v) is 6.30. The molecule has 1 unspecified atom stereocenters. The number of nitrogens with one attached hydrogen (secondary N) is 1. The van der Waals surface area contributed by atoms with Gasteiger partial charge in [0.15, 0.2) is 0 Å². The van der Waals surface area contributed by atoms with Crippen LogP contribution in [0.25, 0.3) is 0 Å². The van der Waals surface area contributed by atoms with E-state index in [-0.39, 0.29) is 11.7 Å². The van der Waals surface area contributed by atoms with E-state index in [1.165, 1.54) is 12.1 Å². The number of aromatic nitrogens is 2. The van der Waals surface area contributed by atoms with E-state index in [1.54, 1.807) is 31.8 Å². The highest BCUT2D eigenvalue weighted by Crippen LogP contribution is 2.26. The molecule has 0 aliphatic carbocycles. The number of amides is 1. The van der Waals surface area contributed by atoms with Gasteiger partial charge in [-0.3, -0.25) is 4.79 Å². The van der Waals surface area contributed by atoms with Gasteiger partial charge >= 0.3 is 0 Å². The minimum atomic E-state index is -0.559. The Labute approximate surface area is 146 Å². The summed E-state index contributed by atoms with van der Waals surface area (Å²) in [7, 11) is 1.64. The molecule has 3 rings (SSSR count). The molecule has 1 aliphatic rings. The molecule has 0 saturated carbocycles. The molecular weight excluding hydrogens is 325 g/mol. The van der Waals surface area contributed by atoms with Crippen molar-refractivity contribution >= 4 is 5.91 Å². The third-order valence-electron chi connectivity index (χ3n) is 4.54. The number of benzene rings is 1. The number of ether oxygens (including phenoxy) is 2. The van der Waals surface area contributed by atoms with Crippen LogP contribution in [0.2, 0.25) is 0 Å². The van der Waals surface area contributed by atoms with Crippen molar-refractivity contribution in [3.8, 4) is 5.75 Å². The molecule has 0 spiro atoms. The number of methoxy groups -OCH3 is 1. The van der Waals surface area contributed by atoms with Crippen LogP contribution in [0.3, 0.4) is 0 Å². The van der Waals surface area contributed by atoms with E-state index in [4.69, 9.17) is 9.47 Å². The van der Waals surface area contributed by atoms with E-state index in [2.05, 4.69) is 9.97 Å². The molecule has 1 aliphatic heterocycles. The molecule has 1 amide bonds. The third-order valence-corrected chi connectivity index (χ3v) is 4.54. The fraction of sp³-hybridized carbons (Fsp3) is 0.444. The van der Waals surface area contributed by atoms with Gasteiger partial charge in [-0.15, -0.1) is 0 Å². The standard InChI is InChI=1S/C18H22FN3O3/c1-24-18(12-25-16-5-3-14(19)4-6-16)7-2-8-22(11-18)17(23)9-15-10-20-13-21-15/h3-6,10,13H,2,7-9,11-12H2,1H3,(H,20,21). The molecule has 2 aromatic rings. The summed E-state index contributed by atoms with van der Waals surface area (Å²) in [4.78, 5) is 21.2. The van der Waals surface area contributed by atoms with Crippen molar-refractivity contribution in [1.29, 1.82) is 0 Å². The first-order valence-corrected chi connectivity index (χ1v) is 8.29. The smallest absolute Gasteiger partial charge is 0.228 e. The van der Waals surface area contributed by atoms with Gasteiger partial charge in [-0.2, -0.15) is 0 Å². The Bertz CT molecular complexity index is 690. The summed E-state index contributed by atoms with van der Waals surface area (Å²) in [6, 6.07) is 5.89. The van der Waals surface area contributed by atoms with Crippen LogP contribution in [0.5, 0.6) is 5.75 Å². The molecule has 0 bridgehead atoms. The number of aromatic amines is 1. The molecule has 0 radical (unpaired) electrons. The van der Waals surface area contributed by atoms with Gasteiger partial charge in [-0.1, -0.05) is 0 Å². The second kappa shape index (κ2) is 7.65. The Morgan fingerprint density at radius 2 is 2.20 bits per heavy atom. The highest BCUT2D eigenvalue weighted by atomic mass is 19.1. The van der Waals surface area contributed by atoms with Crippen molar-refractivity contribution in [3.05, 3.63) is 48.3 Å². The lowest BCUT2D eigenvalue weighted by Gasteiger charge is -2.41. The average molecular weight is 347 g/mol. The quantitative estimate of drug-likeness (QED) is 0.870. The fourth-order valence-electron chi connectivity index (χ4n) is 3.06. The van der Waals surface area contributed by atoms with Crippen LogP contribution in [0.4, 0.5) is 4.39 Å². The Balaban J connectivity index is 1.61. The van der Waals surface area contributed by atoms with Crippen LogP contribution in [0.1, 0.15) is 18.5 Å². The number of piperidine rings is 1. The molecule has 1 atom stereocenters. The molecule has 2 heterocycles. The highest BCUT2D eigenvalue weighted by molar-refractivity contribution is 5.78. The lowest BCUT2D eigenvalue weighted by Crippen LogP contribution is -2.54. The maximum atomic E-state index is 13.0. The predicted octanol–water partition coefficient (Wildman–Crippen LogP) is 2.18. The molecule has 1 N–H and O–H groups in total. The number of likely N-dealkylation sites (tertiary alicyclic amines) is 1. The van der Waals surface area contributed by atoms with Gasteiger partial charge in [0.05, 0.1) is 19.3 Å². The van der Waals surface area contributed by atoms with Gasteiger partial charge in [0.2, 0.25) is 5.91 Å². The van der Waals surface area contributed by atoms with Crippen molar-refractivity contribution in [2.45, 2.75) is 24.9 Å². The van der Waals surface area contributed by atoms with Crippen LogP contribution in [0.15, 0.2) is 36.8 Å². The van der Waals surface area contributed by atoms with Crippen LogP contribution in [-0.4, -0.2) is 53.2 Å². The summed E-state index contributed by atoms with van der Waals surface area (Å²) in [5.74, 6) is 0.313. The molecule has 1 fully saturated rings. The summed E-state index contributed by atoms with van der Waals surface area (Å²) >= 11 is 0. The highest BCUT2D eigenvalue weighted by Gasteiger charge is 2.38. The molecule has 1 aromatic carbocycles. The molecule has 1 saturated heterocycles. The number of carbonyl (C=O) groups is 1. The van der Waals surface area contributed by atoms with Crippen molar-refractivity contribution < 1.29 is 18.7 Å². The maximum absolute atomic E-state index is 13.0. The largest absolute Gasteiger partial charge is 0.491 e. The van der Waals surface area contributed by atoms with Gasteiger partial charge in [0.1, 0.15) is 23.8 Å². The number of halogens is 1. The number of hydrogen-bond acceptors (Lipinski definition) is 4. The van der Waals surface area contributed by atoms with Crippen molar-refractivity contribution in [3.63, 3.8) is 0 Å². The number of rotatable bonds is 6. The first-order chi connectivity index (χ1) is 12.1. The SMILES string of the molecule is COC1(COc2ccc(F)cc2)CCCN(C(=O)Cc2cnc[nH]2)C1. The number of hydrogen-bond donors (Lipinski definition) is 1. The number of H-pyrrole nitrogens is 1. The number of carbonyl (C=O) groups excluding carboxylic acids is 1. The zero-order valence-electron chi connectivity index (χ0n) is 14.2. The van der Waals surface area contributed by atoms with Crippen LogP contribution < -0.4 is 4.74 Å². The first kappa shape index (κ1) is 17.4. The Morgan fingerprint density at radius 1 is 1.40 bits per heavy atom. The van der Waals surface area contributed by atoms with Crippen LogP contribution in [0, 0.1) is 5.82 Å². The van der Waals surface area contributed by atoms with E-state index in [1.807, 2.05) is 4.90 Å². The van der Waals surface area contributed by atoms with Crippen molar-refractivity contribution in [2.24, 2.45) is 0 Å². The molecule has 25 heavy (non-hydrogen) atoms. The summed E-state index contributed by atoms with van der Waals surface area (Å²) in [6.45, 7) is 1.48. The predicted molar refractivity (Wildman–Crippen MR) is 89.7 cm³/mol. The lowest BCUT2D eigenvalue weighted by molar-refractivity contribution is -0.142. The van der Waals surface area contributed by atoms with Gasteiger partial charge in [0, 0.05) is 25.5 Å². The Morgan fingerprint density at radius 3 is 2.88 bits per heavy atom. The average Bonchev–Trinajstić information content (AvgIpc) is 3.14. The number of imidazole rings is 1. The second-order valence-electron chi connectivity index (χ2n) is 6.30. The van der Waals surface area contributed by atoms with Crippen molar-refractivity contribution in [2.75, 3.05) is 26.8 Å². The van der Waals surface area contributed by atoms with Crippen LogP contribution >= 0.6 is 0 Å². The van der Waals surface area contributed by atoms with E-state index in [9.17, 15) is 9.18 Å². The molecular formula is C18H22FN3O3. The summed E-state index contributed by atoms with van der Waals surface area (Å²) in [6.07, 6.45) is 5.16. The zero-order valence-corrected chi connectivity index (χ0v) is 14.2. The zero-order chi connectivity index (χ0) is 17.7. The monoisotopic (exact) mass is 347 g/mol. The molecule has 6 nitrogen and oxygen atoms in total. The van der Waals surface area contributed by atoms with Crippen LogP contribution in [-0.2, 0) is 16.0 Å². The van der Waals surface area contributed by atoms with E-state index >= 15 is 0 Å². The minimum Gasteiger partial charge on any atom is -0.491 e. The molecule has 1 aromatic heterocycles. The topological polar surface area (TPSA) is 67.5 Å². The third kappa shape index (κ3) is 4.36. The van der Waals surface area contributed by atoms with E-state index in [0.717, 1.165) is 18.5 Å². The normalized spacial score (nSPS) is 20.5. The summed E-state index contributed by atoms with van der Waals surface area (Å²) < 4.78 is 24.5. The first-order valence-electron chi connectivity index (χ1n) is 8.29. The van der Waals surface area contributed by atoms with Gasteiger partial charge < -0.3 is 19.4 Å². The Kier molecular flexibility index (Phi) is 5.33. The van der Waals surface area contributed by atoms with E-state index < -0.39 is 5.60 Å².